The van der Waals surface area contributed by atoms with Gasteiger partial charge in [0.1, 0.15) is 12.4 Å². The zero-order valence-electron chi connectivity index (χ0n) is 18.3. The highest BCUT2D eigenvalue weighted by Gasteiger charge is 2.17. The molecule has 0 aliphatic heterocycles. The number of ether oxygens (including phenoxy) is 2. The first-order valence-electron chi connectivity index (χ1n) is 10.0. The number of imidazole rings is 1. The maximum Gasteiger partial charge on any atom is 0.332 e. The smallest absolute Gasteiger partial charge is 0.332 e. The van der Waals surface area contributed by atoms with Gasteiger partial charge < -0.3 is 14.0 Å². The standard InChI is InChI=1S/C22H26N4O5/c1-6-25-20-19(21(28)26(7-2)22(25)29)24(4)18(23-20)11-9-15-8-10-16(17(12-15)30-5)31-13-14(3)27/h8-12H,6-7,13H2,1-5H3. The second kappa shape index (κ2) is 9.03. The molecular weight excluding hydrogens is 400 g/mol. The minimum Gasteiger partial charge on any atom is -0.493 e. The number of nitrogens with zero attached hydrogens (tertiary/aromatic N) is 4. The predicted molar refractivity (Wildman–Crippen MR) is 119 cm³/mol. The number of fused-ring (bicyclic) bond motifs is 1. The Labute approximate surface area is 179 Å². The Balaban J connectivity index is 2.03. The van der Waals surface area contributed by atoms with Gasteiger partial charge in [-0.3, -0.25) is 18.7 Å². The molecule has 0 unspecified atom stereocenters. The first-order valence-corrected chi connectivity index (χ1v) is 10.0. The molecule has 0 aliphatic rings. The molecule has 0 aliphatic carbocycles. The van der Waals surface area contributed by atoms with Crippen molar-refractivity contribution in [1.29, 1.82) is 0 Å². The Morgan fingerprint density at radius 3 is 2.42 bits per heavy atom. The average Bonchev–Trinajstić information content (AvgIpc) is 3.07. The van der Waals surface area contributed by atoms with Crippen LogP contribution in [0.3, 0.4) is 0 Å². The lowest BCUT2D eigenvalue weighted by atomic mass is 10.2. The van der Waals surface area contributed by atoms with Gasteiger partial charge in [0.15, 0.2) is 28.4 Å². The van der Waals surface area contributed by atoms with Gasteiger partial charge in [0.2, 0.25) is 0 Å². The topological polar surface area (TPSA) is 97.3 Å². The van der Waals surface area contributed by atoms with Crippen molar-refractivity contribution in [3.63, 3.8) is 0 Å². The van der Waals surface area contributed by atoms with Crippen LogP contribution in [0.1, 0.15) is 32.2 Å². The van der Waals surface area contributed by atoms with E-state index in [0.717, 1.165) is 5.56 Å². The van der Waals surface area contributed by atoms with Gasteiger partial charge in [-0.2, -0.15) is 0 Å². The Hall–Kier alpha value is -3.62. The molecular formula is C22H26N4O5. The molecule has 0 atom stereocenters. The lowest BCUT2D eigenvalue weighted by Gasteiger charge is -2.10. The number of aryl methyl sites for hydroxylation is 2. The van der Waals surface area contributed by atoms with Gasteiger partial charge in [0.05, 0.1) is 7.11 Å². The number of carbonyl (C=O) groups excluding carboxylic acids is 1. The Morgan fingerprint density at radius 2 is 1.81 bits per heavy atom. The van der Waals surface area contributed by atoms with Crippen LogP contribution < -0.4 is 20.7 Å². The third-order valence-electron chi connectivity index (χ3n) is 4.95. The van der Waals surface area contributed by atoms with E-state index in [-0.39, 0.29) is 23.6 Å². The molecule has 1 aromatic carbocycles. The van der Waals surface area contributed by atoms with Crippen molar-refractivity contribution in [2.24, 2.45) is 7.05 Å². The van der Waals surface area contributed by atoms with Gasteiger partial charge in [-0.05, 0) is 44.5 Å². The van der Waals surface area contributed by atoms with E-state index in [1.165, 1.54) is 23.2 Å². The van der Waals surface area contributed by atoms with Crippen molar-refractivity contribution in [1.82, 2.24) is 18.7 Å². The van der Waals surface area contributed by atoms with Gasteiger partial charge in [0, 0.05) is 20.1 Å². The summed E-state index contributed by atoms with van der Waals surface area (Å²) in [6.45, 7) is 5.74. The number of Topliss-reactive ketones (excluding diaryl/α,β-unsaturated/α-hetero) is 1. The summed E-state index contributed by atoms with van der Waals surface area (Å²) in [5.41, 5.74) is 0.860. The summed E-state index contributed by atoms with van der Waals surface area (Å²) in [6, 6.07) is 5.33. The maximum absolute atomic E-state index is 12.8. The number of methoxy groups -OCH3 is 1. The number of rotatable bonds is 8. The first kappa shape index (κ1) is 22.1. The molecule has 31 heavy (non-hydrogen) atoms. The quantitative estimate of drug-likeness (QED) is 0.547. The highest BCUT2D eigenvalue weighted by atomic mass is 16.5. The lowest BCUT2D eigenvalue weighted by molar-refractivity contribution is -0.118. The third-order valence-corrected chi connectivity index (χ3v) is 4.95. The van der Waals surface area contributed by atoms with Crippen LogP contribution in [0, 0.1) is 0 Å². The van der Waals surface area contributed by atoms with E-state index >= 15 is 0 Å². The van der Waals surface area contributed by atoms with E-state index in [1.807, 2.05) is 19.1 Å². The van der Waals surface area contributed by atoms with Gasteiger partial charge in [0.25, 0.3) is 5.56 Å². The number of benzene rings is 1. The third kappa shape index (κ3) is 4.16. The fourth-order valence-corrected chi connectivity index (χ4v) is 3.35. The summed E-state index contributed by atoms with van der Waals surface area (Å²) in [4.78, 5) is 41.1. The van der Waals surface area contributed by atoms with Crippen molar-refractivity contribution in [3.8, 4) is 11.5 Å². The van der Waals surface area contributed by atoms with E-state index in [2.05, 4.69) is 4.98 Å². The second-order valence-electron chi connectivity index (χ2n) is 7.01. The Morgan fingerprint density at radius 1 is 1.10 bits per heavy atom. The molecule has 9 heteroatoms. The van der Waals surface area contributed by atoms with Crippen molar-refractivity contribution >= 4 is 29.1 Å². The molecule has 3 aromatic rings. The van der Waals surface area contributed by atoms with Crippen LogP contribution in [-0.4, -0.2) is 38.2 Å². The first-order chi connectivity index (χ1) is 14.8. The molecule has 2 aromatic heterocycles. The SMILES string of the molecule is CCn1c(=O)c2c(nc(C=Cc3ccc(OCC(C)=O)c(OC)c3)n2C)n(CC)c1=O. The monoisotopic (exact) mass is 426 g/mol. The van der Waals surface area contributed by atoms with Crippen LogP contribution in [0.15, 0.2) is 27.8 Å². The van der Waals surface area contributed by atoms with Crippen LogP contribution in [0.2, 0.25) is 0 Å². The van der Waals surface area contributed by atoms with Gasteiger partial charge >= 0.3 is 5.69 Å². The minimum atomic E-state index is -0.359. The number of hydrogen-bond acceptors (Lipinski definition) is 6. The molecule has 0 N–H and O–H groups in total. The highest BCUT2D eigenvalue weighted by Crippen LogP contribution is 2.29. The van der Waals surface area contributed by atoms with E-state index in [0.29, 0.717) is 41.6 Å². The molecule has 0 bridgehead atoms. The number of hydrogen-bond donors (Lipinski definition) is 0. The highest BCUT2D eigenvalue weighted by molar-refractivity contribution is 5.78. The average molecular weight is 426 g/mol. The van der Waals surface area contributed by atoms with Crippen LogP contribution in [0.4, 0.5) is 0 Å². The van der Waals surface area contributed by atoms with E-state index in [4.69, 9.17) is 9.47 Å². The number of ketones is 1. The van der Waals surface area contributed by atoms with Crippen molar-refractivity contribution in [3.05, 3.63) is 50.4 Å². The minimum absolute atomic E-state index is 0.0280. The van der Waals surface area contributed by atoms with Crippen LogP contribution in [0.25, 0.3) is 23.3 Å². The van der Waals surface area contributed by atoms with Crippen LogP contribution >= 0.6 is 0 Å². The molecule has 0 saturated carbocycles. The van der Waals surface area contributed by atoms with Gasteiger partial charge in [-0.1, -0.05) is 12.1 Å². The van der Waals surface area contributed by atoms with Gasteiger partial charge in [-0.25, -0.2) is 9.78 Å². The summed E-state index contributed by atoms with van der Waals surface area (Å²) >= 11 is 0. The number of carbonyl (C=O) groups is 1. The molecule has 0 radical (unpaired) electrons. The van der Waals surface area contributed by atoms with E-state index in [9.17, 15) is 14.4 Å². The fourth-order valence-electron chi connectivity index (χ4n) is 3.35. The summed E-state index contributed by atoms with van der Waals surface area (Å²) in [6.07, 6.45) is 3.59. The molecule has 0 spiro atoms. The molecule has 164 valence electrons. The van der Waals surface area contributed by atoms with Crippen molar-refractivity contribution in [2.45, 2.75) is 33.9 Å². The molecule has 0 fully saturated rings. The molecule has 2 heterocycles. The van der Waals surface area contributed by atoms with Crippen LogP contribution in [0.5, 0.6) is 11.5 Å². The lowest BCUT2D eigenvalue weighted by Crippen LogP contribution is -2.39. The summed E-state index contributed by atoms with van der Waals surface area (Å²) in [7, 11) is 3.28. The van der Waals surface area contributed by atoms with Gasteiger partial charge in [-0.15, -0.1) is 0 Å². The second-order valence-corrected chi connectivity index (χ2v) is 7.01. The van der Waals surface area contributed by atoms with E-state index in [1.54, 1.807) is 36.7 Å². The number of aromatic nitrogens is 4. The molecule has 9 nitrogen and oxygen atoms in total. The molecule has 3 rings (SSSR count). The molecule has 0 amide bonds. The summed E-state index contributed by atoms with van der Waals surface area (Å²) in [5, 5.41) is 0. The van der Waals surface area contributed by atoms with Crippen molar-refractivity contribution < 1.29 is 14.3 Å². The molecule has 0 saturated heterocycles. The maximum atomic E-state index is 12.8. The largest absolute Gasteiger partial charge is 0.493 e. The fraction of sp³-hybridized carbons (Fsp3) is 0.364. The Bertz CT molecular complexity index is 1280. The normalized spacial score (nSPS) is 11.4. The summed E-state index contributed by atoms with van der Waals surface area (Å²) < 4.78 is 15.2. The predicted octanol–water partition coefficient (Wildman–Crippen LogP) is 2.08. The van der Waals surface area contributed by atoms with Crippen molar-refractivity contribution in [2.75, 3.05) is 13.7 Å². The Kier molecular flexibility index (Phi) is 6.43. The van der Waals surface area contributed by atoms with E-state index < -0.39 is 0 Å². The zero-order valence-corrected chi connectivity index (χ0v) is 18.3. The zero-order chi connectivity index (χ0) is 22.7. The van der Waals surface area contributed by atoms with Crippen LogP contribution in [-0.2, 0) is 24.9 Å². The summed E-state index contributed by atoms with van der Waals surface area (Å²) in [5.74, 6) is 1.43.